The van der Waals surface area contributed by atoms with Crippen LogP contribution in [0.5, 0.6) is 0 Å². The minimum atomic E-state index is -1.63. The van der Waals surface area contributed by atoms with E-state index in [4.69, 9.17) is 10.5 Å². The number of hydrogen-bond donors (Lipinski definition) is 1. The topological polar surface area (TPSA) is 127 Å². The zero-order valence-electron chi connectivity index (χ0n) is 17.1. The second kappa shape index (κ2) is 8.41. The van der Waals surface area contributed by atoms with Crippen LogP contribution < -0.4 is 5.73 Å². The fourth-order valence-electron chi connectivity index (χ4n) is 4.52. The van der Waals surface area contributed by atoms with Crippen molar-refractivity contribution in [2.45, 2.75) is 19.3 Å². The van der Waals surface area contributed by atoms with E-state index in [9.17, 15) is 20.6 Å². The van der Waals surface area contributed by atoms with Crippen molar-refractivity contribution >= 4 is 5.97 Å². The number of carbonyl (C=O) groups is 1. The van der Waals surface area contributed by atoms with Gasteiger partial charge >= 0.3 is 5.97 Å². The summed E-state index contributed by atoms with van der Waals surface area (Å²) in [5.74, 6) is -1.08. The van der Waals surface area contributed by atoms with Crippen LogP contribution in [-0.4, -0.2) is 37.6 Å². The van der Waals surface area contributed by atoms with Crippen LogP contribution in [0, 0.1) is 45.3 Å². The highest BCUT2D eigenvalue weighted by Crippen LogP contribution is 2.52. The lowest BCUT2D eigenvalue weighted by molar-refractivity contribution is 0.0600. The number of esters is 1. The first-order valence-corrected chi connectivity index (χ1v) is 9.81. The van der Waals surface area contributed by atoms with E-state index in [0.29, 0.717) is 24.2 Å². The van der Waals surface area contributed by atoms with Crippen LogP contribution >= 0.6 is 0 Å². The monoisotopic (exact) mass is 401 g/mol. The first-order chi connectivity index (χ1) is 14.5. The van der Waals surface area contributed by atoms with Crippen LogP contribution in [0.15, 0.2) is 47.2 Å². The lowest BCUT2D eigenvalue weighted by atomic mass is 9.60. The highest BCUT2D eigenvalue weighted by atomic mass is 16.5. The number of allylic oxidation sites excluding steroid dienone is 2. The Morgan fingerprint density at radius 3 is 2.47 bits per heavy atom. The average Bonchev–Trinajstić information content (AvgIpc) is 2.78. The molecule has 0 aromatic heterocycles. The third-order valence-electron chi connectivity index (χ3n) is 5.95. The zero-order chi connectivity index (χ0) is 21.9. The molecule has 1 aromatic rings. The Bertz CT molecular complexity index is 1020. The number of nitriles is 3. The van der Waals surface area contributed by atoms with E-state index in [2.05, 4.69) is 30.0 Å². The molecule has 2 aliphatic rings. The highest BCUT2D eigenvalue weighted by molar-refractivity contribution is 5.89. The predicted molar refractivity (Wildman–Crippen MR) is 109 cm³/mol. The van der Waals surface area contributed by atoms with Gasteiger partial charge in [-0.2, -0.15) is 15.8 Å². The lowest BCUT2D eigenvalue weighted by Gasteiger charge is -2.45. The number of methoxy groups -OCH3 is 1. The average molecular weight is 401 g/mol. The molecule has 0 bridgehead atoms. The molecule has 0 fully saturated rings. The normalized spacial score (nSPS) is 22.7. The first-order valence-electron chi connectivity index (χ1n) is 9.81. The number of fused-ring (bicyclic) bond motifs is 1. The van der Waals surface area contributed by atoms with Crippen molar-refractivity contribution in [3.8, 4) is 18.2 Å². The van der Waals surface area contributed by atoms with Crippen LogP contribution in [0.25, 0.3) is 0 Å². The molecule has 1 aliphatic carbocycles. The molecule has 0 saturated heterocycles. The maximum atomic E-state index is 11.8. The summed E-state index contributed by atoms with van der Waals surface area (Å²) in [6.07, 6.45) is 2.90. The SMILES string of the molecule is CCCN1CC=C2[C@H](C1)[C@H](c1ccc(C(=O)OC)cc1)C(C#N)=C(N)C2(C#N)C#N. The predicted octanol–water partition coefficient (Wildman–Crippen LogP) is 2.61. The molecule has 7 nitrogen and oxygen atoms in total. The number of ether oxygens (including phenoxy) is 1. The summed E-state index contributed by atoms with van der Waals surface area (Å²) in [7, 11) is 1.32. The second-order valence-corrected chi connectivity index (χ2v) is 7.53. The summed E-state index contributed by atoms with van der Waals surface area (Å²) < 4.78 is 4.76. The third kappa shape index (κ3) is 3.22. The zero-order valence-corrected chi connectivity index (χ0v) is 17.1. The molecule has 2 N–H and O–H groups in total. The Labute approximate surface area is 176 Å². The summed E-state index contributed by atoms with van der Waals surface area (Å²) in [5, 5.41) is 29.8. The van der Waals surface area contributed by atoms with Crippen molar-refractivity contribution in [3.05, 3.63) is 58.3 Å². The smallest absolute Gasteiger partial charge is 0.337 e. The van der Waals surface area contributed by atoms with Gasteiger partial charge in [-0.15, -0.1) is 0 Å². The summed E-state index contributed by atoms with van der Waals surface area (Å²) in [6.45, 7) is 4.22. The van der Waals surface area contributed by atoms with E-state index in [1.54, 1.807) is 24.3 Å². The van der Waals surface area contributed by atoms with Crippen molar-refractivity contribution in [1.29, 1.82) is 15.8 Å². The second-order valence-electron chi connectivity index (χ2n) is 7.53. The molecule has 3 rings (SSSR count). The fraction of sp³-hybridized carbons (Fsp3) is 0.391. The van der Waals surface area contributed by atoms with Crippen molar-refractivity contribution in [3.63, 3.8) is 0 Å². The molecule has 1 aromatic carbocycles. The molecule has 0 radical (unpaired) electrons. The van der Waals surface area contributed by atoms with Gasteiger partial charge in [0.2, 0.25) is 5.41 Å². The van der Waals surface area contributed by atoms with E-state index >= 15 is 0 Å². The van der Waals surface area contributed by atoms with Gasteiger partial charge in [0.25, 0.3) is 0 Å². The van der Waals surface area contributed by atoms with E-state index in [1.807, 2.05) is 6.08 Å². The van der Waals surface area contributed by atoms with Crippen LogP contribution in [-0.2, 0) is 4.74 Å². The molecular weight excluding hydrogens is 378 g/mol. The number of benzene rings is 1. The van der Waals surface area contributed by atoms with Gasteiger partial charge in [-0.1, -0.05) is 25.1 Å². The molecule has 0 amide bonds. The Hall–Kier alpha value is -3.60. The van der Waals surface area contributed by atoms with Gasteiger partial charge in [0, 0.05) is 24.9 Å². The van der Waals surface area contributed by atoms with Crippen molar-refractivity contribution in [2.75, 3.05) is 26.7 Å². The Morgan fingerprint density at radius 1 is 1.27 bits per heavy atom. The van der Waals surface area contributed by atoms with Crippen molar-refractivity contribution in [1.82, 2.24) is 4.90 Å². The van der Waals surface area contributed by atoms with Gasteiger partial charge in [-0.05, 0) is 36.2 Å². The first kappa shape index (κ1) is 21.1. The Morgan fingerprint density at radius 2 is 1.93 bits per heavy atom. The van der Waals surface area contributed by atoms with Gasteiger partial charge in [-0.3, -0.25) is 4.90 Å². The van der Waals surface area contributed by atoms with Gasteiger partial charge < -0.3 is 10.5 Å². The van der Waals surface area contributed by atoms with Crippen LogP contribution in [0.3, 0.4) is 0 Å². The minimum Gasteiger partial charge on any atom is -0.465 e. The summed E-state index contributed by atoms with van der Waals surface area (Å²) in [5.41, 5.74) is 6.79. The summed E-state index contributed by atoms with van der Waals surface area (Å²) >= 11 is 0. The van der Waals surface area contributed by atoms with E-state index in [1.165, 1.54) is 7.11 Å². The third-order valence-corrected chi connectivity index (χ3v) is 5.95. The number of rotatable bonds is 4. The van der Waals surface area contributed by atoms with Gasteiger partial charge in [-0.25, -0.2) is 4.79 Å². The standard InChI is InChI=1S/C23H23N5O2/c1-3-9-28-10-8-19-18(12-28)20(15-4-6-16(7-5-15)22(29)30-2)17(11-24)21(27)23(19,13-25)14-26/h4-8,18,20H,3,9-10,12,27H2,1-2H3/t18-,20+/m0/s1. The molecular formula is C23H23N5O2. The number of nitrogens with zero attached hydrogens (tertiary/aromatic N) is 4. The molecule has 152 valence electrons. The van der Waals surface area contributed by atoms with E-state index in [0.717, 1.165) is 18.5 Å². The summed E-state index contributed by atoms with van der Waals surface area (Å²) in [4.78, 5) is 14.0. The van der Waals surface area contributed by atoms with Gasteiger partial charge in [0.1, 0.15) is 0 Å². The van der Waals surface area contributed by atoms with E-state index < -0.39 is 17.3 Å². The van der Waals surface area contributed by atoms with E-state index in [-0.39, 0.29) is 17.2 Å². The number of hydrogen-bond acceptors (Lipinski definition) is 7. The quantitative estimate of drug-likeness (QED) is 0.607. The molecule has 1 aliphatic heterocycles. The Balaban J connectivity index is 2.19. The molecule has 7 heteroatoms. The van der Waals surface area contributed by atoms with Crippen molar-refractivity contribution < 1.29 is 9.53 Å². The molecule has 30 heavy (non-hydrogen) atoms. The largest absolute Gasteiger partial charge is 0.465 e. The maximum absolute atomic E-state index is 11.8. The van der Waals surface area contributed by atoms with Crippen LogP contribution in [0.1, 0.15) is 35.2 Å². The fourth-order valence-corrected chi connectivity index (χ4v) is 4.52. The lowest BCUT2D eigenvalue weighted by Crippen LogP contribution is -2.47. The molecule has 0 spiro atoms. The van der Waals surface area contributed by atoms with Crippen LogP contribution in [0.4, 0.5) is 0 Å². The van der Waals surface area contributed by atoms with Gasteiger partial charge in [0.15, 0.2) is 0 Å². The van der Waals surface area contributed by atoms with Crippen molar-refractivity contribution in [2.24, 2.45) is 17.1 Å². The number of carbonyl (C=O) groups excluding carboxylic acids is 1. The minimum absolute atomic E-state index is 0.00323. The molecule has 0 unspecified atom stereocenters. The highest BCUT2D eigenvalue weighted by Gasteiger charge is 2.52. The Kier molecular flexibility index (Phi) is 5.92. The molecule has 2 atom stereocenters. The molecule has 1 heterocycles. The summed E-state index contributed by atoms with van der Waals surface area (Å²) in [6, 6.07) is 13.2. The van der Waals surface area contributed by atoms with Crippen LogP contribution in [0.2, 0.25) is 0 Å². The van der Waals surface area contributed by atoms with Gasteiger partial charge in [0.05, 0.1) is 42.2 Å². The molecule has 0 saturated carbocycles. The maximum Gasteiger partial charge on any atom is 0.337 e. The number of nitrogens with two attached hydrogens (primary N) is 1.